The maximum Gasteiger partial charge on any atom is 0.102 e. The van der Waals surface area contributed by atoms with Crippen LogP contribution in [-0.2, 0) is 6.42 Å². The van der Waals surface area contributed by atoms with E-state index in [0.29, 0.717) is 0 Å². The zero-order chi connectivity index (χ0) is 12.4. The van der Waals surface area contributed by atoms with E-state index >= 15 is 0 Å². The largest absolute Gasteiger partial charge is 0.323 e. The molecule has 0 aliphatic heterocycles. The van der Waals surface area contributed by atoms with Gasteiger partial charge in [0.1, 0.15) is 6.07 Å². The first kappa shape index (κ1) is 11.5. The molecule has 1 aliphatic carbocycles. The van der Waals surface area contributed by atoms with Crippen molar-refractivity contribution in [3.63, 3.8) is 0 Å². The van der Waals surface area contributed by atoms with Gasteiger partial charge in [0.2, 0.25) is 0 Å². The molecule has 17 heavy (non-hydrogen) atoms. The van der Waals surface area contributed by atoms with Crippen molar-refractivity contribution in [2.45, 2.75) is 27.2 Å². The monoisotopic (exact) mass is 224 g/mol. The van der Waals surface area contributed by atoms with Crippen LogP contribution in [-0.4, -0.2) is 4.57 Å². The van der Waals surface area contributed by atoms with Crippen LogP contribution in [0.5, 0.6) is 0 Å². The summed E-state index contributed by atoms with van der Waals surface area (Å²) in [6.45, 7) is 6.07. The molecular formula is C15H16N2. The molecule has 0 fully saturated rings. The molecule has 1 aromatic rings. The van der Waals surface area contributed by atoms with Gasteiger partial charge in [0, 0.05) is 29.6 Å². The first-order chi connectivity index (χ1) is 8.19. The van der Waals surface area contributed by atoms with Gasteiger partial charge in [0.25, 0.3) is 0 Å². The van der Waals surface area contributed by atoms with Crippen molar-refractivity contribution in [3.8, 4) is 6.07 Å². The molecule has 0 aromatic carbocycles. The quantitative estimate of drug-likeness (QED) is 0.715. The molecule has 2 nitrogen and oxygen atoms in total. The Labute approximate surface area is 102 Å². The molecule has 86 valence electrons. The van der Waals surface area contributed by atoms with Crippen LogP contribution < -0.4 is 0 Å². The Morgan fingerprint density at radius 2 is 2.12 bits per heavy atom. The minimum Gasteiger partial charge on any atom is -0.323 e. The van der Waals surface area contributed by atoms with E-state index < -0.39 is 0 Å². The van der Waals surface area contributed by atoms with Gasteiger partial charge in [0.15, 0.2) is 0 Å². The Hall–Kier alpha value is -2.01. The van der Waals surface area contributed by atoms with E-state index in [0.717, 1.165) is 23.2 Å². The van der Waals surface area contributed by atoms with Gasteiger partial charge < -0.3 is 4.57 Å². The molecule has 0 saturated heterocycles. The highest BCUT2D eigenvalue weighted by atomic mass is 15.0. The second-order valence-electron chi connectivity index (χ2n) is 4.27. The summed E-state index contributed by atoms with van der Waals surface area (Å²) in [6.07, 6.45) is 11.2. The maximum atomic E-state index is 9.28. The van der Waals surface area contributed by atoms with E-state index in [-0.39, 0.29) is 0 Å². The Morgan fingerprint density at radius 3 is 2.76 bits per heavy atom. The first-order valence-corrected chi connectivity index (χ1v) is 5.80. The van der Waals surface area contributed by atoms with Crippen molar-refractivity contribution in [2.24, 2.45) is 0 Å². The number of fused-ring (bicyclic) bond motifs is 1. The molecule has 0 N–H and O–H groups in total. The molecule has 1 aromatic heterocycles. The highest BCUT2D eigenvalue weighted by Gasteiger charge is 2.17. The average Bonchev–Trinajstić information content (AvgIpc) is 2.46. The summed E-state index contributed by atoms with van der Waals surface area (Å²) in [6, 6.07) is 2.32. The Morgan fingerprint density at radius 1 is 1.35 bits per heavy atom. The second-order valence-corrected chi connectivity index (χ2v) is 4.27. The molecule has 0 bridgehead atoms. The number of nitrogens with zero attached hydrogens (tertiary/aromatic N) is 2. The second kappa shape index (κ2) is 4.47. The van der Waals surface area contributed by atoms with Crippen molar-refractivity contribution in [2.75, 3.05) is 0 Å². The third-order valence-electron chi connectivity index (χ3n) is 3.13. The Bertz CT molecular complexity index is 575. The molecule has 2 rings (SSSR count). The average molecular weight is 224 g/mol. The standard InChI is InChI=1S/C15H16N2/c1-4-9-17-12(3)14(10-16)13-7-5-11(2)6-8-15(13)17/h4-7,9H,8H2,1-3H3/b9-4+. The fraction of sp³-hybridized carbons (Fsp3) is 0.267. The van der Waals surface area contributed by atoms with Gasteiger partial charge in [-0.15, -0.1) is 0 Å². The minimum atomic E-state index is 0.789. The van der Waals surface area contributed by atoms with Crippen LogP contribution in [0.2, 0.25) is 0 Å². The highest BCUT2D eigenvalue weighted by Crippen LogP contribution is 2.27. The summed E-state index contributed by atoms with van der Waals surface area (Å²) in [5.41, 5.74) is 5.32. The van der Waals surface area contributed by atoms with Crippen LogP contribution >= 0.6 is 0 Å². The summed E-state index contributed by atoms with van der Waals surface area (Å²) in [4.78, 5) is 0. The summed E-state index contributed by atoms with van der Waals surface area (Å²) in [5, 5.41) is 9.28. The highest BCUT2D eigenvalue weighted by molar-refractivity contribution is 5.68. The lowest BCUT2D eigenvalue weighted by molar-refractivity contribution is 0.980. The first-order valence-electron chi connectivity index (χ1n) is 5.80. The van der Waals surface area contributed by atoms with E-state index in [1.807, 2.05) is 26.1 Å². The topological polar surface area (TPSA) is 28.7 Å². The van der Waals surface area contributed by atoms with E-state index in [4.69, 9.17) is 0 Å². The van der Waals surface area contributed by atoms with E-state index in [1.54, 1.807) is 0 Å². The van der Waals surface area contributed by atoms with E-state index in [9.17, 15) is 5.26 Å². The predicted molar refractivity (Wildman–Crippen MR) is 71.4 cm³/mol. The van der Waals surface area contributed by atoms with Gasteiger partial charge in [0.05, 0.1) is 5.56 Å². The van der Waals surface area contributed by atoms with Gasteiger partial charge in [-0.2, -0.15) is 5.26 Å². The molecule has 0 saturated carbocycles. The van der Waals surface area contributed by atoms with E-state index in [2.05, 4.69) is 35.8 Å². The van der Waals surface area contributed by atoms with Crippen molar-refractivity contribution >= 4 is 12.3 Å². The lowest BCUT2D eigenvalue weighted by atomic mass is 10.1. The number of aromatic nitrogens is 1. The Kier molecular flexibility index (Phi) is 3.01. The predicted octanol–water partition coefficient (Wildman–Crippen LogP) is 3.67. The molecular weight excluding hydrogens is 208 g/mol. The molecule has 0 atom stereocenters. The van der Waals surface area contributed by atoms with Gasteiger partial charge >= 0.3 is 0 Å². The molecule has 0 amide bonds. The number of hydrogen-bond donors (Lipinski definition) is 0. The molecule has 1 aliphatic rings. The minimum absolute atomic E-state index is 0.789. The molecule has 1 heterocycles. The number of nitriles is 1. The summed E-state index contributed by atoms with van der Waals surface area (Å²) >= 11 is 0. The molecule has 0 unspecified atom stereocenters. The van der Waals surface area contributed by atoms with Gasteiger partial charge in [-0.25, -0.2) is 0 Å². The van der Waals surface area contributed by atoms with Crippen molar-refractivity contribution in [3.05, 3.63) is 46.3 Å². The lowest BCUT2D eigenvalue weighted by Gasteiger charge is -2.04. The lowest BCUT2D eigenvalue weighted by Crippen LogP contribution is -1.96. The van der Waals surface area contributed by atoms with Crippen LogP contribution in [0.4, 0.5) is 0 Å². The van der Waals surface area contributed by atoms with Crippen LogP contribution in [0, 0.1) is 18.3 Å². The summed E-state index contributed by atoms with van der Waals surface area (Å²) in [5.74, 6) is 0. The van der Waals surface area contributed by atoms with Crippen LogP contribution in [0.15, 0.2) is 23.8 Å². The number of hydrogen-bond acceptors (Lipinski definition) is 1. The van der Waals surface area contributed by atoms with Gasteiger partial charge in [-0.1, -0.05) is 29.9 Å². The SMILES string of the molecule is C/C=C/n1c(C)c(C#N)c2c1CC=C(C)C=C2. The third-order valence-corrected chi connectivity index (χ3v) is 3.13. The summed E-state index contributed by atoms with van der Waals surface area (Å²) < 4.78 is 2.12. The maximum absolute atomic E-state index is 9.28. The van der Waals surface area contributed by atoms with Crippen molar-refractivity contribution < 1.29 is 0 Å². The van der Waals surface area contributed by atoms with Crippen molar-refractivity contribution in [1.82, 2.24) is 4.57 Å². The van der Waals surface area contributed by atoms with Crippen molar-refractivity contribution in [1.29, 1.82) is 5.26 Å². The molecule has 0 spiro atoms. The van der Waals surface area contributed by atoms with Gasteiger partial charge in [-0.05, 0) is 20.8 Å². The molecule has 2 heteroatoms. The molecule has 0 radical (unpaired) electrons. The fourth-order valence-electron chi connectivity index (χ4n) is 2.21. The zero-order valence-electron chi connectivity index (χ0n) is 10.5. The number of allylic oxidation sites excluding steroid dienone is 4. The van der Waals surface area contributed by atoms with Crippen LogP contribution in [0.1, 0.15) is 36.4 Å². The van der Waals surface area contributed by atoms with Gasteiger partial charge in [-0.3, -0.25) is 0 Å². The fourth-order valence-corrected chi connectivity index (χ4v) is 2.21. The summed E-state index contributed by atoms with van der Waals surface area (Å²) in [7, 11) is 0. The van der Waals surface area contributed by atoms with Crippen LogP contribution in [0.25, 0.3) is 12.3 Å². The zero-order valence-corrected chi connectivity index (χ0v) is 10.5. The number of rotatable bonds is 1. The van der Waals surface area contributed by atoms with E-state index in [1.165, 1.54) is 11.3 Å². The Balaban J connectivity index is 2.71. The smallest absolute Gasteiger partial charge is 0.102 e. The van der Waals surface area contributed by atoms with Crippen LogP contribution in [0.3, 0.4) is 0 Å². The normalized spacial score (nSPS) is 14.4. The third kappa shape index (κ3) is 1.85.